The molecule has 0 spiro atoms. The van der Waals surface area contributed by atoms with Gasteiger partial charge in [0.1, 0.15) is 0 Å². The Kier molecular flexibility index (Phi) is 5.25. The maximum atomic E-state index is 3.77. The van der Waals surface area contributed by atoms with Crippen LogP contribution in [0.5, 0.6) is 0 Å². The van der Waals surface area contributed by atoms with Crippen LogP contribution in [0.15, 0.2) is 10.8 Å². The molecule has 0 bridgehead atoms. The van der Waals surface area contributed by atoms with E-state index in [0.717, 1.165) is 18.4 Å². The largest absolute Gasteiger partial charge is 0.310 e. The molecule has 1 aliphatic carbocycles. The van der Waals surface area contributed by atoms with Crippen molar-refractivity contribution in [2.75, 3.05) is 6.54 Å². The molecule has 102 valence electrons. The van der Waals surface area contributed by atoms with Crippen LogP contribution in [0.2, 0.25) is 0 Å². The fourth-order valence-electron chi connectivity index (χ4n) is 3.58. The molecule has 3 atom stereocenters. The molecule has 1 heterocycles. The average molecular weight is 265 g/mol. The number of hydrogen-bond acceptors (Lipinski definition) is 2. The third kappa shape index (κ3) is 2.97. The van der Waals surface area contributed by atoms with Crippen molar-refractivity contribution in [2.45, 2.75) is 58.9 Å². The minimum Gasteiger partial charge on any atom is -0.310 e. The summed E-state index contributed by atoms with van der Waals surface area (Å²) in [5, 5.41) is 8.43. The highest BCUT2D eigenvalue weighted by Gasteiger charge is 2.32. The van der Waals surface area contributed by atoms with E-state index in [2.05, 4.69) is 36.8 Å². The summed E-state index contributed by atoms with van der Waals surface area (Å²) in [5.74, 6) is 1.76. The van der Waals surface area contributed by atoms with E-state index >= 15 is 0 Å². The van der Waals surface area contributed by atoms with E-state index in [-0.39, 0.29) is 0 Å². The van der Waals surface area contributed by atoms with Crippen molar-refractivity contribution in [3.8, 4) is 0 Å². The van der Waals surface area contributed by atoms with Crippen LogP contribution in [0.1, 0.15) is 63.1 Å². The zero-order chi connectivity index (χ0) is 13.0. The molecule has 2 heteroatoms. The van der Waals surface area contributed by atoms with Crippen LogP contribution in [0, 0.1) is 18.8 Å². The highest BCUT2D eigenvalue weighted by atomic mass is 32.1. The highest BCUT2D eigenvalue weighted by Crippen LogP contribution is 2.41. The number of nitrogens with one attached hydrogen (secondary N) is 1. The Labute approximate surface area is 116 Å². The third-order valence-electron chi connectivity index (χ3n) is 4.57. The maximum Gasteiger partial charge on any atom is 0.0362 e. The SMILES string of the molecule is CCNC(c1cscc1C)C1CCCCC1CC. The molecule has 0 radical (unpaired) electrons. The lowest BCUT2D eigenvalue weighted by Crippen LogP contribution is -2.34. The van der Waals surface area contributed by atoms with Crippen molar-refractivity contribution in [3.05, 3.63) is 21.9 Å². The van der Waals surface area contributed by atoms with Gasteiger partial charge in [-0.05, 0) is 53.6 Å². The number of rotatable bonds is 5. The molecule has 18 heavy (non-hydrogen) atoms. The third-order valence-corrected chi connectivity index (χ3v) is 5.45. The molecule has 2 rings (SSSR count). The lowest BCUT2D eigenvalue weighted by Gasteiger charge is -2.37. The first kappa shape index (κ1) is 14.1. The Morgan fingerprint density at radius 1 is 1.28 bits per heavy atom. The molecule has 0 saturated heterocycles. The first-order valence-electron chi connectivity index (χ1n) is 7.54. The lowest BCUT2D eigenvalue weighted by molar-refractivity contribution is 0.176. The molecule has 0 aliphatic heterocycles. The fourth-order valence-corrected chi connectivity index (χ4v) is 4.47. The van der Waals surface area contributed by atoms with E-state index in [1.54, 1.807) is 5.56 Å². The van der Waals surface area contributed by atoms with Crippen molar-refractivity contribution in [3.63, 3.8) is 0 Å². The molecule has 0 amide bonds. The zero-order valence-electron chi connectivity index (χ0n) is 12.0. The fraction of sp³-hybridized carbons (Fsp3) is 0.750. The summed E-state index contributed by atoms with van der Waals surface area (Å²) in [6.07, 6.45) is 7.05. The molecule has 1 fully saturated rings. The Bertz CT molecular complexity index is 358. The van der Waals surface area contributed by atoms with E-state index in [0.29, 0.717) is 6.04 Å². The molecule has 1 aromatic heterocycles. The molecule has 3 unspecified atom stereocenters. The summed E-state index contributed by atoms with van der Waals surface area (Å²) in [4.78, 5) is 0. The van der Waals surface area contributed by atoms with Gasteiger partial charge in [0, 0.05) is 6.04 Å². The normalized spacial score (nSPS) is 26.2. The number of thiophene rings is 1. The van der Waals surface area contributed by atoms with Gasteiger partial charge < -0.3 is 5.32 Å². The smallest absolute Gasteiger partial charge is 0.0362 e. The Hall–Kier alpha value is -0.340. The van der Waals surface area contributed by atoms with Crippen LogP contribution in [0.25, 0.3) is 0 Å². The summed E-state index contributed by atoms with van der Waals surface area (Å²) in [6, 6.07) is 0.589. The predicted octanol–water partition coefficient (Wildman–Crippen LogP) is 4.92. The van der Waals surface area contributed by atoms with Gasteiger partial charge in [-0.25, -0.2) is 0 Å². The maximum absolute atomic E-state index is 3.77. The van der Waals surface area contributed by atoms with Gasteiger partial charge in [-0.3, -0.25) is 0 Å². The van der Waals surface area contributed by atoms with Gasteiger partial charge in [-0.2, -0.15) is 11.3 Å². The highest BCUT2D eigenvalue weighted by molar-refractivity contribution is 7.08. The Balaban J connectivity index is 2.20. The topological polar surface area (TPSA) is 12.0 Å². The average Bonchev–Trinajstić information content (AvgIpc) is 2.82. The monoisotopic (exact) mass is 265 g/mol. The first-order chi connectivity index (χ1) is 8.77. The van der Waals surface area contributed by atoms with E-state index in [1.807, 2.05) is 11.3 Å². The summed E-state index contributed by atoms with van der Waals surface area (Å²) in [6.45, 7) is 7.94. The van der Waals surface area contributed by atoms with E-state index < -0.39 is 0 Å². The summed E-state index contributed by atoms with van der Waals surface area (Å²) < 4.78 is 0. The predicted molar refractivity (Wildman–Crippen MR) is 81.2 cm³/mol. The zero-order valence-corrected chi connectivity index (χ0v) is 12.9. The Morgan fingerprint density at radius 3 is 2.67 bits per heavy atom. The van der Waals surface area contributed by atoms with E-state index in [9.17, 15) is 0 Å². The van der Waals surface area contributed by atoms with E-state index in [4.69, 9.17) is 0 Å². The second-order valence-corrected chi connectivity index (χ2v) is 6.41. The summed E-state index contributed by atoms with van der Waals surface area (Å²) in [7, 11) is 0. The van der Waals surface area contributed by atoms with Crippen LogP contribution in [-0.2, 0) is 0 Å². The molecular weight excluding hydrogens is 238 g/mol. The van der Waals surface area contributed by atoms with Gasteiger partial charge in [0.2, 0.25) is 0 Å². The minimum absolute atomic E-state index is 0.589. The van der Waals surface area contributed by atoms with Crippen LogP contribution in [-0.4, -0.2) is 6.54 Å². The van der Waals surface area contributed by atoms with Crippen molar-refractivity contribution < 1.29 is 0 Å². The molecule has 1 saturated carbocycles. The molecule has 1 aliphatic rings. The molecule has 1 N–H and O–H groups in total. The van der Waals surface area contributed by atoms with Crippen molar-refractivity contribution >= 4 is 11.3 Å². The van der Waals surface area contributed by atoms with Gasteiger partial charge in [0.15, 0.2) is 0 Å². The van der Waals surface area contributed by atoms with Crippen LogP contribution in [0.3, 0.4) is 0 Å². The van der Waals surface area contributed by atoms with Gasteiger partial charge >= 0.3 is 0 Å². The second kappa shape index (κ2) is 6.72. The Morgan fingerprint density at radius 2 is 2.06 bits per heavy atom. The molecule has 0 aromatic carbocycles. The van der Waals surface area contributed by atoms with Crippen LogP contribution < -0.4 is 5.32 Å². The van der Waals surface area contributed by atoms with Crippen LogP contribution in [0.4, 0.5) is 0 Å². The minimum atomic E-state index is 0.589. The molecular formula is C16H27NS. The number of hydrogen-bond donors (Lipinski definition) is 1. The lowest BCUT2D eigenvalue weighted by atomic mass is 9.72. The van der Waals surface area contributed by atoms with Crippen molar-refractivity contribution in [2.24, 2.45) is 11.8 Å². The van der Waals surface area contributed by atoms with Gasteiger partial charge in [0.25, 0.3) is 0 Å². The van der Waals surface area contributed by atoms with Gasteiger partial charge in [-0.15, -0.1) is 0 Å². The summed E-state index contributed by atoms with van der Waals surface area (Å²) >= 11 is 1.85. The second-order valence-electron chi connectivity index (χ2n) is 5.66. The van der Waals surface area contributed by atoms with E-state index in [1.165, 1.54) is 37.7 Å². The first-order valence-corrected chi connectivity index (χ1v) is 8.48. The quantitative estimate of drug-likeness (QED) is 0.796. The van der Waals surface area contributed by atoms with Crippen molar-refractivity contribution in [1.82, 2.24) is 5.32 Å². The number of aryl methyl sites for hydroxylation is 1. The summed E-state index contributed by atoms with van der Waals surface area (Å²) in [5.41, 5.74) is 3.04. The standard InChI is InChI=1S/C16H27NS/c1-4-13-8-6-7-9-14(13)16(17-5-2)15-11-18-10-12(15)3/h10-11,13-14,16-17H,4-9H2,1-3H3. The van der Waals surface area contributed by atoms with Gasteiger partial charge in [-0.1, -0.05) is 39.5 Å². The van der Waals surface area contributed by atoms with Gasteiger partial charge in [0.05, 0.1) is 0 Å². The van der Waals surface area contributed by atoms with Crippen molar-refractivity contribution in [1.29, 1.82) is 0 Å². The molecule has 1 aromatic rings. The van der Waals surface area contributed by atoms with Crippen LogP contribution >= 0.6 is 11.3 Å². The molecule has 1 nitrogen and oxygen atoms in total.